The second kappa shape index (κ2) is 4.26. The highest BCUT2D eigenvalue weighted by Gasteiger charge is 2.52. The molecule has 0 aromatic rings. The molecule has 1 spiro atoms. The Morgan fingerprint density at radius 2 is 1.75 bits per heavy atom. The third kappa shape index (κ3) is 2.53. The summed E-state index contributed by atoms with van der Waals surface area (Å²) in [7, 11) is 0. The predicted molar refractivity (Wildman–Crippen MR) is 80.5 cm³/mol. The summed E-state index contributed by atoms with van der Waals surface area (Å²) in [5.41, 5.74) is 0. The van der Waals surface area contributed by atoms with E-state index in [1.54, 1.807) is 0 Å². The van der Waals surface area contributed by atoms with Gasteiger partial charge in [-0.3, -0.25) is 5.32 Å². The van der Waals surface area contributed by atoms with Gasteiger partial charge in [-0.05, 0) is 46.1 Å². The van der Waals surface area contributed by atoms with Crippen LogP contribution in [-0.4, -0.2) is 28.7 Å². The van der Waals surface area contributed by atoms with Crippen LogP contribution in [0.4, 0.5) is 0 Å². The summed E-state index contributed by atoms with van der Waals surface area (Å²) in [4.78, 5) is 0.364. The van der Waals surface area contributed by atoms with Gasteiger partial charge in [0.2, 0.25) is 0 Å². The lowest BCUT2D eigenvalue weighted by Crippen LogP contribution is -2.44. The maximum Gasteiger partial charge on any atom is 0.0656 e. The molecule has 1 aliphatic carbocycles. The van der Waals surface area contributed by atoms with Crippen molar-refractivity contribution in [2.24, 2.45) is 0 Å². The van der Waals surface area contributed by atoms with Gasteiger partial charge < -0.3 is 0 Å². The lowest BCUT2D eigenvalue weighted by molar-refractivity contribution is 0.342. The second-order valence-electron chi connectivity index (χ2n) is 6.24. The molecule has 4 heteroatoms. The average molecular weight is 277 g/mol. The van der Waals surface area contributed by atoms with Crippen LogP contribution in [0.15, 0.2) is 0 Å². The standard InChI is InChI=1S/C12H24NPS2/c1-11(2)10(14(3,4)15)13-12(16-11)8-6-5-7-9-12/h10,13H,5-9H2,1-4H3. The Hall–Kier alpha value is 0.960. The van der Waals surface area contributed by atoms with Gasteiger partial charge in [-0.2, -0.15) is 0 Å². The largest absolute Gasteiger partial charge is 0.294 e. The highest BCUT2D eigenvalue weighted by Crippen LogP contribution is 2.60. The molecule has 0 bridgehead atoms. The zero-order chi connectivity index (χ0) is 12.0. The summed E-state index contributed by atoms with van der Waals surface area (Å²) in [6.45, 7) is 9.35. The molecule has 2 aliphatic rings. The summed E-state index contributed by atoms with van der Waals surface area (Å²) >= 11 is 7.96. The number of rotatable bonds is 1. The minimum atomic E-state index is -1.23. The molecule has 1 saturated heterocycles. The van der Waals surface area contributed by atoms with Crippen LogP contribution < -0.4 is 5.32 Å². The Morgan fingerprint density at radius 3 is 2.19 bits per heavy atom. The van der Waals surface area contributed by atoms with Gasteiger partial charge in [-0.25, -0.2) is 0 Å². The zero-order valence-electron chi connectivity index (χ0n) is 10.9. The van der Waals surface area contributed by atoms with E-state index in [2.05, 4.69) is 44.3 Å². The minimum Gasteiger partial charge on any atom is -0.294 e. The first-order chi connectivity index (χ1) is 7.25. The van der Waals surface area contributed by atoms with Gasteiger partial charge in [0.05, 0.1) is 10.7 Å². The molecule has 1 N–H and O–H groups in total. The number of nitrogens with one attached hydrogen (secondary N) is 1. The van der Waals surface area contributed by atoms with Gasteiger partial charge in [0.15, 0.2) is 0 Å². The molecular formula is C12H24NPS2. The summed E-state index contributed by atoms with van der Waals surface area (Å²) < 4.78 is 0.316. The first-order valence-corrected chi connectivity index (χ1v) is 10.9. The van der Waals surface area contributed by atoms with E-state index in [9.17, 15) is 0 Å². The zero-order valence-corrected chi connectivity index (χ0v) is 13.4. The molecule has 0 radical (unpaired) electrons. The van der Waals surface area contributed by atoms with Crippen molar-refractivity contribution in [1.29, 1.82) is 0 Å². The molecule has 0 aromatic heterocycles. The predicted octanol–water partition coefficient (Wildman–Crippen LogP) is 3.83. The fourth-order valence-corrected chi connectivity index (χ4v) is 9.37. The minimum absolute atomic E-state index is 0.316. The molecule has 0 amide bonds. The van der Waals surface area contributed by atoms with Crippen molar-refractivity contribution < 1.29 is 0 Å². The van der Waals surface area contributed by atoms with E-state index < -0.39 is 6.04 Å². The summed E-state index contributed by atoms with van der Waals surface area (Å²) in [6.07, 6.45) is 6.87. The SMILES string of the molecule is CC1(C)SC2(CCCCC2)NC1P(C)(C)=S. The maximum absolute atomic E-state index is 5.78. The molecule has 0 aromatic carbocycles. The van der Waals surface area contributed by atoms with Crippen molar-refractivity contribution in [3.63, 3.8) is 0 Å². The van der Waals surface area contributed by atoms with Crippen LogP contribution in [0.1, 0.15) is 46.0 Å². The molecule has 1 saturated carbocycles. The monoisotopic (exact) mass is 277 g/mol. The van der Waals surface area contributed by atoms with Crippen molar-refractivity contribution in [3.05, 3.63) is 0 Å². The molecule has 1 atom stereocenters. The van der Waals surface area contributed by atoms with E-state index in [1.165, 1.54) is 32.1 Å². The molecular weight excluding hydrogens is 253 g/mol. The summed E-state index contributed by atoms with van der Waals surface area (Å²) in [5, 5.41) is 3.94. The van der Waals surface area contributed by atoms with Crippen molar-refractivity contribution in [2.45, 2.75) is 61.4 Å². The molecule has 1 nitrogen and oxygen atoms in total. The van der Waals surface area contributed by atoms with Gasteiger partial charge in [0, 0.05) is 4.75 Å². The van der Waals surface area contributed by atoms with Crippen LogP contribution in [-0.2, 0) is 11.8 Å². The lowest BCUT2D eigenvalue weighted by Gasteiger charge is -2.34. The number of hydrogen-bond donors (Lipinski definition) is 1. The Labute approximate surface area is 110 Å². The van der Waals surface area contributed by atoms with Crippen LogP contribution >= 0.6 is 17.8 Å². The van der Waals surface area contributed by atoms with Crippen LogP contribution in [0.2, 0.25) is 0 Å². The Kier molecular flexibility index (Phi) is 3.56. The van der Waals surface area contributed by atoms with Crippen molar-refractivity contribution >= 4 is 29.6 Å². The lowest BCUT2D eigenvalue weighted by atomic mass is 9.94. The maximum atomic E-state index is 5.78. The number of thioether (sulfide) groups is 1. The van der Waals surface area contributed by atoms with Crippen LogP contribution in [0, 0.1) is 0 Å². The van der Waals surface area contributed by atoms with Crippen molar-refractivity contribution in [3.8, 4) is 0 Å². The topological polar surface area (TPSA) is 12.0 Å². The van der Waals surface area contributed by atoms with Gasteiger partial charge in [0.25, 0.3) is 0 Å². The third-order valence-electron chi connectivity index (χ3n) is 3.80. The molecule has 1 unspecified atom stereocenters. The number of hydrogen-bond acceptors (Lipinski definition) is 3. The Bertz CT molecular complexity index is 315. The average Bonchev–Trinajstić information content (AvgIpc) is 2.38. The van der Waals surface area contributed by atoms with Crippen LogP contribution in [0.25, 0.3) is 0 Å². The van der Waals surface area contributed by atoms with E-state index in [-0.39, 0.29) is 0 Å². The van der Waals surface area contributed by atoms with E-state index in [4.69, 9.17) is 11.8 Å². The Morgan fingerprint density at radius 1 is 1.19 bits per heavy atom. The summed E-state index contributed by atoms with van der Waals surface area (Å²) in [6, 6.07) is -1.23. The van der Waals surface area contributed by atoms with Crippen molar-refractivity contribution in [1.82, 2.24) is 5.32 Å². The fourth-order valence-electron chi connectivity index (χ4n) is 3.29. The first kappa shape index (κ1) is 13.4. The van der Waals surface area contributed by atoms with Crippen LogP contribution in [0.3, 0.4) is 0 Å². The molecule has 1 aliphatic heterocycles. The van der Waals surface area contributed by atoms with E-state index in [0.717, 1.165) is 0 Å². The fraction of sp³-hybridized carbons (Fsp3) is 1.00. The smallest absolute Gasteiger partial charge is 0.0656 e. The molecule has 2 fully saturated rings. The second-order valence-corrected chi connectivity index (χ2v) is 14.5. The van der Waals surface area contributed by atoms with E-state index in [0.29, 0.717) is 15.4 Å². The first-order valence-electron chi connectivity index (χ1n) is 6.28. The van der Waals surface area contributed by atoms with Crippen molar-refractivity contribution in [2.75, 3.05) is 13.3 Å². The van der Waals surface area contributed by atoms with Gasteiger partial charge in [-0.1, -0.05) is 31.1 Å². The molecule has 1 heterocycles. The van der Waals surface area contributed by atoms with Gasteiger partial charge >= 0.3 is 0 Å². The molecule has 94 valence electrons. The quantitative estimate of drug-likeness (QED) is 0.732. The van der Waals surface area contributed by atoms with Gasteiger partial charge in [0.1, 0.15) is 0 Å². The Balaban J connectivity index is 2.22. The van der Waals surface area contributed by atoms with Gasteiger partial charge in [-0.15, -0.1) is 11.8 Å². The highest BCUT2D eigenvalue weighted by atomic mass is 32.4. The highest BCUT2D eigenvalue weighted by molar-refractivity contribution is 8.15. The van der Waals surface area contributed by atoms with E-state index >= 15 is 0 Å². The summed E-state index contributed by atoms with van der Waals surface area (Å²) in [5.74, 6) is 0.554. The molecule has 16 heavy (non-hydrogen) atoms. The normalized spacial score (nSPS) is 33.1. The van der Waals surface area contributed by atoms with E-state index in [1.807, 2.05) is 0 Å². The third-order valence-corrected chi connectivity index (χ3v) is 8.30. The van der Waals surface area contributed by atoms with Crippen LogP contribution in [0.5, 0.6) is 0 Å². The molecule has 2 rings (SSSR count).